The topological polar surface area (TPSA) is 108 Å². The summed E-state index contributed by atoms with van der Waals surface area (Å²) in [7, 11) is 5.95. The van der Waals surface area contributed by atoms with Crippen LogP contribution in [0.15, 0.2) is 36.5 Å². The van der Waals surface area contributed by atoms with Crippen LogP contribution in [0, 0.1) is 0 Å². The van der Waals surface area contributed by atoms with E-state index < -0.39 is 24.3 Å². The standard InChI is InChI=1S/C49H89NO8/c1-6-8-10-12-14-16-18-20-22-23-24-26-27-29-31-33-35-37-39-46(51)56-43-45(44-57-49(48(53)54)55-42-41-50(3,4)5)58-47(52)40-38-36-34-32-30-28-25-21-19-17-15-13-11-9-7-2/h15,17,21-23,25,45,49H,6-14,16,18-20,24,26-44H2,1-5H3/p+1/b17-15-,23-22-,25-21-. The minimum Gasteiger partial charge on any atom is -0.477 e. The summed E-state index contributed by atoms with van der Waals surface area (Å²) < 4.78 is 22.7. The maximum Gasteiger partial charge on any atom is 0.361 e. The molecule has 0 amide bonds. The van der Waals surface area contributed by atoms with E-state index in [1.165, 1.54) is 109 Å². The third-order valence-electron chi connectivity index (χ3n) is 10.1. The van der Waals surface area contributed by atoms with Crippen molar-refractivity contribution in [3.63, 3.8) is 0 Å². The Kier molecular flexibility index (Phi) is 39.5. The van der Waals surface area contributed by atoms with E-state index in [0.29, 0.717) is 23.9 Å². The number of likely N-dealkylation sites (N-methyl/N-ethyl adjacent to an activating group) is 1. The molecule has 0 heterocycles. The minimum atomic E-state index is -1.51. The van der Waals surface area contributed by atoms with Crippen LogP contribution in [-0.2, 0) is 33.3 Å². The van der Waals surface area contributed by atoms with E-state index in [1.54, 1.807) is 0 Å². The molecule has 0 aromatic heterocycles. The van der Waals surface area contributed by atoms with Gasteiger partial charge < -0.3 is 28.5 Å². The Morgan fingerprint density at radius 2 is 0.931 bits per heavy atom. The largest absolute Gasteiger partial charge is 0.477 e. The normalized spacial score (nSPS) is 13.2. The Bertz CT molecular complexity index is 1050. The maximum absolute atomic E-state index is 12.8. The molecule has 0 radical (unpaired) electrons. The van der Waals surface area contributed by atoms with Gasteiger partial charge in [0.1, 0.15) is 13.2 Å². The fraction of sp³-hybridized carbons (Fsp3) is 0.816. The van der Waals surface area contributed by atoms with Gasteiger partial charge in [0.15, 0.2) is 6.10 Å². The van der Waals surface area contributed by atoms with Gasteiger partial charge in [-0.1, -0.05) is 153 Å². The monoisotopic (exact) mass is 821 g/mol. The second kappa shape index (κ2) is 41.3. The van der Waals surface area contributed by atoms with Gasteiger partial charge in [0.05, 0.1) is 34.4 Å². The molecular formula is C49H90NO8+. The smallest absolute Gasteiger partial charge is 0.361 e. The van der Waals surface area contributed by atoms with E-state index in [9.17, 15) is 19.5 Å². The van der Waals surface area contributed by atoms with Gasteiger partial charge in [0, 0.05) is 12.8 Å². The van der Waals surface area contributed by atoms with Crippen LogP contribution in [0.4, 0.5) is 0 Å². The molecular weight excluding hydrogens is 731 g/mol. The minimum absolute atomic E-state index is 0.184. The second-order valence-corrected chi connectivity index (χ2v) is 17.1. The number of nitrogens with zero attached hydrogens (tertiary/aromatic N) is 1. The molecule has 0 aromatic rings. The van der Waals surface area contributed by atoms with Gasteiger partial charge in [-0.3, -0.25) is 9.59 Å². The first-order valence-electron chi connectivity index (χ1n) is 23.7. The molecule has 338 valence electrons. The number of hydrogen-bond donors (Lipinski definition) is 1. The number of carboxylic acids is 1. The van der Waals surface area contributed by atoms with Gasteiger partial charge in [-0.05, 0) is 70.6 Å². The Balaban J connectivity index is 4.42. The predicted molar refractivity (Wildman–Crippen MR) is 240 cm³/mol. The Morgan fingerprint density at radius 1 is 0.517 bits per heavy atom. The Hall–Kier alpha value is -2.49. The third-order valence-corrected chi connectivity index (χ3v) is 10.1. The predicted octanol–water partition coefficient (Wildman–Crippen LogP) is 12.6. The highest BCUT2D eigenvalue weighted by Crippen LogP contribution is 2.14. The number of unbranched alkanes of at least 4 members (excludes halogenated alkanes) is 22. The molecule has 9 nitrogen and oxygen atoms in total. The average molecular weight is 821 g/mol. The number of esters is 2. The SMILES string of the molecule is CCCCC/C=C\C/C=C\CCCCCCCC(=O)OC(COC(=O)CCCCCCCCC/C=C\CCCCCCCCC)COC(OCC[N+](C)(C)C)C(=O)O. The molecule has 0 aliphatic rings. The van der Waals surface area contributed by atoms with Crippen molar-refractivity contribution in [2.75, 3.05) is 47.5 Å². The molecule has 0 saturated carbocycles. The number of carbonyl (C=O) groups excluding carboxylic acids is 2. The molecule has 0 fully saturated rings. The van der Waals surface area contributed by atoms with E-state index in [1.807, 2.05) is 21.1 Å². The van der Waals surface area contributed by atoms with Gasteiger partial charge in [-0.2, -0.15) is 0 Å². The molecule has 58 heavy (non-hydrogen) atoms. The molecule has 0 rings (SSSR count). The van der Waals surface area contributed by atoms with Crippen molar-refractivity contribution >= 4 is 17.9 Å². The number of aliphatic carboxylic acids is 1. The summed E-state index contributed by atoms with van der Waals surface area (Å²) in [5.41, 5.74) is 0. The lowest BCUT2D eigenvalue weighted by molar-refractivity contribution is -0.870. The first-order valence-corrected chi connectivity index (χ1v) is 23.7. The number of hydrogen-bond acceptors (Lipinski definition) is 7. The van der Waals surface area contributed by atoms with Crippen LogP contribution in [-0.4, -0.2) is 87.4 Å². The van der Waals surface area contributed by atoms with Gasteiger partial charge in [0.2, 0.25) is 0 Å². The summed E-state index contributed by atoms with van der Waals surface area (Å²) in [5.74, 6) is -2.03. The van der Waals surface area contributed by atoms with Gasteiger partial charge in [0.25, 0.3) is 6.29 Å². The first-order chi connectivity index (χ1) is 28.1. The van der Waals surface area contributed by atoms with E-state index in [-0.39, 0.29) is 32.2 Å². The fourth-order valence-electron chi connectivity index (χ4n) is 6.39. The fourth-order valence-corrected chi connectivity index (χ4v) is 6.39. The molecule has 0 aliphatic heterocycles. The van der Waals surface area contributed by atoms with E-state index >= 15 is 0 Å². The van der Waals surface area contributed by atoms with Crippen molar-refractivity contribution in [2.24, 2.45) is 0 Å². The molecule has 2 unspecified atom stereocenters. The zero-order valence-electron chi connectivity index (χ0n) is 38.2. The highest BCUT2D eigenvalue weighted by molar-refractivity contribution is 5.71. The molecule has 9 heteroatoms. The van der Waals surface area contributed by atoms with Gasteiger partial charge >= 0.3 is 17.9 Å². The molecule has 2 atom stereocenters. The molecule has 0 saturated heterocycles. The molecule has 0 aliphatic carbocycles. The quantitative estimate of drug-likeness (QED) is 0.0213. The van der Waals surface area contributed by atoms with Crippen LogP contribution < -0.4 is 0 Å². The van der Waals surface area contributed by atoms with Crippen LogP contribution in [0.2, 0.25) is 0 Å². The van der Waals surface area contributed by atoms with Crippen LogP contribution in [0.1, 0.15) is 200 Å². The molecule has 1 N–H and O–H groups in total. The number of quaternary nitrogens is 1. The summed E-state index contributed by atoms with van der Waals surface area (Å²) >= 11 is 0. The van der Waals surface area contributed by atoms with E-state index in [4.69, 9.17) is 18.9 Å². The maximum atomic E-state index is 12.8. The third kappa shape index (κ3) is 41.7. The van der Waals surface area contributed by atoms with Crippen LogP contribution in [0.3, 0.4) is 0 Å². The Labute approximate surface area is 356 Å². The van der Waals surface area contributed by atoms with Crippen molar-refractivity contribution in [2.45, 2.75) is 212 Å². The zero-order valence-corrected chi connectivity index (χ0v) is 38.2. The molecule has 0 bridgehead atoms. The van der Waals surface area contributed by atoms with Gasteiger partial charge in [-0.25, -0.2) is 4.79 Å². The van der Waals surface area contributed by atoms with E-state index in [0.717, 1.165) is 57.8 Å². The van der Waals surface area contributed by atoms with Crippen LogP contribution in [0.25, 0.3) is 0 Å². The highest BCUT2D eigenvalue weighted by Gasteiger charge is 2.25. The van der Waals surface area contributed by atoms with Crippen molar-refractivity contribution in [1.29, 1.82) is 0 Å². The van der Waals surface area contributed by atoms with Crippen LogP contribution in [0.5, 0.6) is 0 Å². The van der Waals surface area contributed by atoms with Crippen molar-refractivity contribution in [3.8, 4) is 0 Å². The summed E-state index contributed by atoms with van der Waals surface area (Å²) in [5, 5.41) is 9.64. The first kappa shape index (κ1) is 55.5. The molecule has 0 spiro atoms. The number of allylic oxidation sites excluding steroid dienone is 6. The molecule has 0 aromatic carbocycles. The lowest BCUT2D eigenvalue weighted by Crippen LogP contribution is -2.40. The summed E-state index contributed by atoms with van der Waals surface area (Å²) in [6.45, 7) is 4.82. The summed E-state index contributed by atoms with van der Waals surface area (Å²) in [6.07, 6.45) is 43.4. The number of ether oxygens (including phenoxy) is 4. The lowest BCUT2D eigenvalue weighted by atomic mass is 10.1. The van der Waals surface area contributed by atoms with Crippen LogP contribution >= 0.6 is 0 Å². The highest BCUT2D eigenvalue weighted by atomic mass is 16.7. The average Bonchev–Trinajstić information content (AvgIpc) is 3.18. The number of carbonyl (C=O) groups is 3. The summed E-state index contributed by atoms with van der Waals surface area (Å²) in [6, 6.07) is 0. The van der Waals surface area contributed by atoms with Gasteiger partial charge in [-0.15, -0.1) is 0 Å². The Morgan fingerprint density at radius 3 is 1.41 bits per heavy atom. The van der Waals surface area contributed by atoms with E-state index in [2.05, 4.69) is 50.3 Å². The summed E-state index contributed by atoms with van der Waals surface area (Å²) in [4.78, 5) is 37.1. The zero-order chi connectivity index (χ0) is 42.8. The second-order valence-electron chi connectivity index (χ2n) is 17.1. The van der Waals surface area contributed by atoms with Crippen molar-refractivity contribution in [3.05, 3.63) is 36.5 Å². The lowest BCUT2D eigenvalue weighted by Gasteiger charge is -2.25. The number of carboxylic acid groups (broad SMARTS) is 1. The van der Waals surface area contributed by atoms with Crippen molar-refractivity contribution < 1.29 is 42.9 Å². The number of rotatable bonds is 43. The van der Waals surface area contributed by atoms with Crippen molar-refractivity contribution in [1.82, 2.24) is 0 Å².